The molecule has 0 saturated heterocycles. The lowest BCUT2D eigenvalue weighted by Crippen LogP contribution is -2.47. The summed E-state index contributed by atoms with van der Waals surface area (Å²) in [4.78, 5) is 14.3. The van der Waals surface area contributed by atoms with Crippen LogP contribution in [-0.2, 0) is 22.9 Å². The smallest absolute Gasteiger partial charge is 0.337 e. The third-order valence-corrected chi connectivity index (χ3v) is 5.78. The molecule has 1 atom stereocenters. The van der Waals surface area contributed by atoms with Crippen molar-refractivity contribution < 1.29 is 31.1 Å². The molecule has 29 heavy (non-hydrogen) atoms. The van der Waals surface area contributed by atoms with Crippen molar-refractivity contribution in [1.29, 1.82) is 0 Å². The summed E-state index contributed by atoms with van der Waals surface area (Å²) in [6.45, 7) is -0.632. The van der Waals surface area contributed by atoms with Crippen LogP contribution in [-0.4, -0.2) is 23.5 Å². The number of carbonyl (C=O) groups excluding carboxylic acids is 1. The van der Waals surface area contributed by atoms with Crippen LogP contribution in [0.2, 0.25) is 0 Å². The standard InChI is InChI=1S/C21H17F6NO/c22-20(23,24)16-8-4-3-7-15(16)19(9-10-19)18(29)28-11-13-5-1-2-6-14(13)17(12-28)21(25,26)27/h1-8,17H,9-12H2. The molecule has 4 rings (SSSR count). The maximum atomic E-state index is 13.6. The van der Waals surface area contributed by atoms with Gasteiger partial charge in [-0.15, -0.1) is 0 Å². The molecule has 1 heterocycles. The molecule has 0 N–H and O–H groups in total. The number of hydrogen-bond acceptors (Lipinski definition) is 1. The first kappa shape index (κ1) is 19.8. The Hall–Kier alpha value is -2.51. The lowest BCUT2D eigenvalue weighted by molar-refractivity contribution is -0.162. The summed E-state index contributed by atoms with van der Waals surface area (Å²) in [5, 5.41) is 0. The predicted molar refractivity (Wildman–Crippen MR) is 93.0 cm³/mol. The van der Waals surface area contributed by atoms with Crippen molar-refractivity contribution in [3.8, 4) is 0 Å². The van der Waals surface area contributed by atoms with Crippen molar-refractivity contribution in [2.45, 2.75) is 43.1 Å². The molecule has 1 aliphatic heterocycles. The third-order valence-electron chi connectivity index (χ3n) is 5.78. The number of halogens is 6. The molecular weight excluding hydrogens is 396 g/mol. The number of hydrogen-bond donors (Lipinski definition) is 0. The van der Waals surface area contributed by atoms with Gasteiger partial charge in [0.1, 0.15) is 0 Å². The lowest BCUT2D eigenvalue weighted by atomic mass is 9.85. The zero-order valence-corrected chi connectivity index (χ0v) is 15.1. The van der Waals surface area contributed by atoms with E-state index in [1.807, 2.05) is 0 Å². The van der Waals surface area contributed by atoms with E-state index in [0.29, 0.717) is 5.56 Å². The third kappa shape index (κ3) is 3.38. The largest absolute Gasteiger partial charge is 0.416 e. The second-order valence-corrected chi connectivity index (χ2v) is 7.60. The molecule has 2 nitrogen and oxygen atoms in total. The van der Waals surface area contributed by atoms with Crippen molar-refractivity contribution in [3.63, 3.8) is 0 Å². The van der Waals surface area contributed by atoms with E-state index in [1.54, 1.807) is 6.07 Å². The topological polar surface area (TPSA) is 20.3 Å². The Morgan fingerprint density at radius 3 is 2.17 bits per heavy atom. The maximum Gasteiger partial charge on any atom is 0.416 e. The van der Waals surface area contributed by atoms with Gasteiger partial charge in [-0.25, -0.2) is 0 Å². The number of rotatable bonds is 2. The molecule has 1 saturated carbocycles. The molecule has 0 radical (unpaired) electrons. The summed E-state index contributed by atoms with van der Waals surface area (Å²) < 4.78 is 81.2. The van der Waals surface area contributed by atoms with Crippen molar-refractivity contribution >= 4 is 5.91 Å². The first-order valence-electron chi connectivity index (χ1n) is 9.15. The summed E-state index contributed by atoms with van der Waals surface area (Å²) in [7, 11) is 0. The second-order valence-electron chi connectivity index (χ2n) is 7.60. The first-order chi connectivity index (χ1) is 13.5. The Morgan fingerprint density at radius 1 is 0.931 bits per heavy atom. The van der Waals surface area contributed by atoms with Crippen molar-refractivity contribution in [1.82, 2.24) is 4.90 Å². The molecule has 1 amide bonds. The molecule has 0 aromatic heterocycles. The van der Waals surface area contributed by atoms with Gasteiger partial charge in [0.15, 0.2) is 0 Å². The Balaban J connectivity index is 1.71. The van der Waals surface area contributed by atoms with Crippen molar-refractivity contribution in [2.24, 2.45) is 0 Å². The quantitative estimate of drug-likeness (QED) is 0.602. The molecule has 1 aliphatic carbocycles. The highest BCUT2D eigenvalue weighted by atomic mass is 19.4. The summed E-state index contributed by atoms with van der Waals surface area (Å²) in [6, 6.07) is 10.8. The lowest BCUT2D eigenvalue weighted by Gasteiger charge is -2.37. The van der Waals surface area contributed by atoms with Gasteiger partial charge in [-0.3, -0.25) is 4.79 Å². The Kier molecular flexibility index (Phi) is 4.44. The predicted octanol–water partition coefficient (Wildman–Crippen LogP) is 5.43. The van der Waals surface area contributed by atoms with Crippen LogP contribution in [0, 0.1) is 0 Å². The summed E-state index contributed by atoms with van der Waals surface area (Å²) in [5.41, 5.74) is -1.98. The summed E-state index contributed by atoms with van der Waals surface area (Å²) in [5.74, 6) is -2.52. The molecule has 2 aliphatic rings. The fourth-order valence-electron chi connectivity index (χ4n) is 4.22. The molecular formula is C21H17F6NO. The Labute approximate surface area is 163 Å². The second kappa shape index (κ2) is 6.50. The van der Waals surface area contributed by atoms with E-state index in [-0.39, 0.29) is 30.5 Å². The van der Waals surface area contributed by atoms with E-state index in [9.17, 15) is 31.1 Å². The Bertz CT molecular complexity index is 945. The summed E-state index contributed by atoms with van der Waals surface area (Å²) in [6.07, 6.45) is -8.83. The fourth-order valence-corrected chi connectivity index (χ4v) is 4.22. The molecule has 2 aromatic carbocycles. The molecule has 154 valence electrons. The van der Waals surface area contributed by atoms with E-state index >= 15 is 0 Å². The number of amides is 1. The highest BCUT2D eigenvalue weighted by molar-refractivity contribution is 5.92. The van der Waals surface area contributed by atoms with Gasteiger partial charge in [0.05, 0.1) is 16.9 Å². The normalized spacial score (nSPS) is 20.9. The maximum absolute atomic E-state index is 13.6. The molecule has 1 fully saturated rings. The average Bonchev–Trinajstić information content (AvgIpc) is 3.47. The van der Waals surface area contributed by atoms with Gasteiger partial charge < -0.3 is 4.90 Å². The monoisotopic (exact) mass is 413 g/mol. The first-order valence-corrected chi connectivity index (χ1v) is 9.15. The van der Waals surface area contributed by atoms with Crippen LogP contribution in [0.1, 0.15) is 41.0 Å². The van der Waals surface area contributed by atoms with Crippen molar-refractivity contribution in [2.75, 3.05) is 6.54 Å². The summed E-state index contributed by atoms with van der Waals surface area (Å²) >= 11 is 0. The SMILES string of the molecule is O=C(N1Cc2ccccc2C(C(F)(F)F)C1)C1(c2ccccc2C(F)(F)F)CC1. The van der Waals surface area contributed by atoms with Crippen LogP contribution in [0.4, 0.5) is 26.3 Å². The highest BCUT2D eigenvalue weighted by Crippen LogP contribution is 2.54. The highest BCUT2D eigenvalue weighted by Gasteiger charge is 2.57. The molecule has 0 bridgehead atoms. The van der Waals surface area contributed by atoms with Gasteiger partial charge in [0.25, 0.3) is 0 Å². The minimum atomic E-state index is -4.64. The zero-order chi connectivity index (χ0) is 21.0. The minimum absolute atomic E-state index is 0.0441. The van der Waals surface area contributed by atoms with Crippen LogP contribution < -0.4 is 0 Å². The van der Waals surface area contributed by atoms with Gasteiger partial charge in [0, 0.05) is 13.1 Å². The Morgan fingerprint density at radius 2 is 1.55 bits per heavy atom. The van der Waals surface area contributed by atoms with E-state index in [4.69, 9.17) is 0 Å². The van der Waals surface area contributed by atoms with Crippen LogP contribution in [0.15, 0.2) is 48.5 Å². The number of carbonyl (C=O) groups is 1. The van der Waals surface area contributed by atoms with Gasteiger partial charge in [-0.2, -0.15) is 26.3 Å². The van der Waals surface area contributed by atoms with E-state index in [2.05, 4.69) is 0 Å². The van der Waals surface area contributed by atoms with Gasteiger partial charge >= 0.3 is 12.4 Å². The van der Waals surface area contributed by atoms with Crippen molar-refractivity contribution in [3.05, 3.63) is 70.8 Å². The molecule has 2 aromatic rings. The van der Waals surface area contributed by atoms with E-state index in [1.165, 1.54) is 36.4 Å². The van der Waals surface area contributed by atoms with Crippen LogP contribution in [0.3, 0.4) is 0 Å². The van der Waals surface area contributed by atoms with Gasteiger partial charge in [0.2, 0.25) is 5.91 Å². The molecule has 8 heteroatoms. The fraction of sp³-hybridized carbons (Fsp3) is 0.381. The van der Waals surface area contributed by atoms with Crippen LogP contribution in [0.25, 0.3) is 0 Å². The molecule has 1 unspecified atom stereocenters. The number of alkyl halides is 6. The number of benzene rings is 2. The molecule has 0 spiro atoms. The minimum Gasteiger partial charge on any atom is -0.337 e. The number of fused-ring (bicyclic) bond motifs is 1. The van der Waals surface area contributed by atoms with Gasteiger partial charge in [-0.1, -0.05) is 42.5 Å². The number of nitrogens with zero attached hydrogens (tertiary/aromatic N) is 1. The van der Waals surface area contributed by atoms with Crippen LogP contribution in [0.5, 0.6) is 0 Å². The van der Waals surface area contributed by atoms with E-state index in [0.717, 1.165) is 11.0 Å². The van der Waals surface area contributed by atoms with Gasteiger partial charge in [-0.05, 0) is 35.6 Å². The van der Waals surface area contributed by atoms with E-state index < -0.39 is 41.7 Å². The zero-order valence-electron chi connectivity index (χ0n) is 15.1. The van der Waals surface area contributed by atoms with Crippen LogP contribution >= 0.6 is 0 Å². The average molecular weight is 413 g/mol.